The Labute approximate surface area is 164 Å². The third-order valence-electron chi connectivity index (χ3n) is 3.76. The first-order chi connectivity index (χ1) is 12.5. The lowest BCUT2D eigenvalue weighted by atomic mass is 10.1. The Balaban J connectivity index is 2.11. The van der Waals surface area contributed by atoms with Crippen LogP contribution in [0.25, 0.3) is 11.1 Å². The summed E-state index contributed by atoms with van der Waals surface area (Å²) in [6.07, 6.45) is 0. The van der Waals surface area contributed by atoms with Crippen molar-refractivity contribution in [2.24, 2.45) is 0 Å². The molecule has 3 aromatic rings. The van der Waals surface area contributed by atoms with Crippen LogP contribution in [-0.4, -0.2) is 23.4 Å². The van der Waals surface area contributed by atoms with E-state index in [1.807, 2.05) is 12.1 Å². The molecule has 1 aromatic heterocycles. The van der Waals surface area contributed by atoms with Gasteiger partial charge in [0.25, 0.3) is 0 Å². The minimum Gasteiger partial charge on any atom is -0.497 e. The third-order valence-corrected chi connectivity index (χ3v) is 5.65. The van der Waals surface area contributed by atoms with E-state index in [2.05, 4.69) is 4.98 Å². The summed E-state index contributed by atoms with van der Waals surface area (Å²) in [6, 6.07) is 15.9. The van der Waals surface area contributed by atoms with Gasteiger partial charge in [-0.25, -0.2) is 9.19 Å². The van der Waals surface area contributed by atoms with E-state index < -0.39 is 10.8 Å². The maximum atomic E-state index is 13.2. The molecular formula is C19H15Cl2NO3S. The second kappa shape index (κ2) is 8.08. The topological polar surface area (TPSA) is 48.4 Å². The average Bonchev–Trinajstić information content (AvgIpc) is 2.67. The van der Waals surface area contributed by atoms with Crippen LogP contribution in [-0.2, 0) is 10.8 Å². The van der Waals surface area contributed by atoms with Crippen molar-refractivity contribution in [1.29, 1.82) is 0 Å². The molecule has 0 aliphatic heterocycles. The van der Waals surface area contributed by atoms with Crippen LogP contribution in [0.3, 0.4) is 0 Å². The summed E-state index contributed by atoms with van der Waals surface area (Å²) < 4.78 is 23.5. The molecule has 0 saturated carbocycles. The van der Waals surface area contributed by atoms with E-state index in [9.17, 15) is 4.21 Å². The molecule has 26 heavy (non-hydrogen) atoms. The van der Waals surface area contributed by atoms with Gasteiger partial charge in [-0.1, -0.05) is 35.3 Å². The molecule has 0 saturated heterocycles. The molecule has 0 spiro atoms. The van der Waals surface area contributed by atoms with Crippen LogP contribution in [0.2, 0.25) is 10.3 Å². The zero-order chi connectivity index (χ0) is 18.7. The van der Waals surface area contributed by atoms with Crippen LogP contribution in [0.5, 0.6) is 11.5 Å². The summed E-state index contributed by atoms with van der Waals surface area (Å²) in [5.74, 6) is 1.40. The van der Waals surface area contributed by atoms with Gasteiger partial charge in [-0.2, -0.15) is 0 Å². The Morgan fingerprint density at radius 1 is 0.885 bits per heavy atom. The number of aromatic nitrogens is 1. The van der Waals surface area contributed by atoms with E-state index in [-0.39, 0.29) is 10.3 Å². The maximum absolute atomic E-state index is 13.2. The van der Waals surface area contributed by atoms with E-state index in [1.165, 1.54) is 0 Å². The highest BCUT2D eigenvalue weighted by Gasteiger charge is 2.19. The Kier molecular flexibility index (Phi) is 5.81. The van der Waals surface area contributed by atoms with Crippen LogP contribution < -0.4 is 9.47 Å². The lowest BCUT2D eigenvalue weighted by Crippen LogP contribution is -1.99. The fourth-order valence-electron chi connectivity index (χ4n) is 2.46. The minimum atomic E-state index is -1.49. The van der Waals surface area contributed by atoms with Crippen molar-refractivity contribution in [3.05, 3.63) is 64.9 Å². The quantitative estimate of drug-likeness (QED) is 0.542. The standard InChI is InChI=1S/C19H15Cl2NO3S/c1-24-13-5-3-12(4-6-13)18-16(11-17(20)22-19(18)21)26(23)15-9-7-14(25-2)8-10-15/h3-11H,1-2H3. The predicted molar refractivity (Wildman–Crippen MR) is 104 cm³/mol. The second-order valence-electron chi connectivity index (χ2n) is 5.28. The number of ether oxygens (including phenoxy) is 2. The Bertz CT molecular complexity index is 944. The number of hydrogen-bond acceptors (Lipinski definition) is 4. The SMILES string of the molecule is COc1ccc(-c2c(S(=O)c3ccc(OC)cc3)cc(Cl)nc2Cl)cc1. The largest absolute Gasteiger partial charge is 0.497 e. The number of methoxy groups -OCH3 is 2. The normalized spacial score (nSPS) is 11.8. The molecule has 4 nitrogen and oxygen atoms in total. The van der Waals surface area contributed by atoms with Gasteiger partial charge in [0.1, 0.15) is 21.8 Å². The van der Waals surface area contributed by atoms with E-state index in [0.717, 1.165) is 5.56 Å². The van der Waals surface area contributed by atoms with Gasteiger partial charge in [-0.15, -0.1) is 0 Å². The first kappa shape index (κ1) is 18.7. The summed E-state index contributed by atoms with van der Waals surface area (Å²) in [5.41, 5.74) is 1.35. The lowest BCUT2D eigenvalue weighted by Gasteiger charge is -2.13. The molecule has 2 aromatic carbocycles. The van der Waals surface area contributed by atoms with E-state index in [4.69, 9.17) is 32.7 Å². The van der Waals surface area contributed by atoms with Crippen molar-refractivity contribution < 1.29 is 13.7 Å². The monoisotopic (exact) mass is 407 g/mol. The van der Waals surface area contributed by atoms with Crippen molar-refractivity contribution in [1.82, 2.24) is 4.98 Å². The molecule has 0 aliphatic rings. The zero-order valence-electron chi connectivity index (χ0n) is 14.0. The number of benzene rings is 2. The van der Waals surface area contributed by atoms with Gasteiger partial charge in [-0.05, 0) is 48.0 Å². The molecule has 0 aliphatic carbocycles. The highest BCUT2D eigenvalue weighted by molar-refractivity contribution is 7.85. The Hall–Kier alpha value is -2.08. The fourth-order valence-corrected chi connectivity index (χ4v) is 4.37. The van der Waals surface area contributed by atoms with Crippen LogP contribution in [0.15, 0.2) is 64.4 Å². The molecule has 7 heteroatoms. The van der Waals surface area contributed by atoms with Gasteiger partial charge in [0.15, 0.2) is 0 Å². The molecule has 1 unspecified atom stereocenters. The first-order valence-electron chi connectivity index (χ1n) is 7.59. The Morgan fingerprint density at radius 3 is 1.96 bits per heavy atom. The van der Waals surface area contributed by atoms with Gasteiger partial charge in [0, 0.05) is 10.5 Å². The summed E-state index contributed by atoms with van der Waals surface area (Å²) >= 11 is 12.4. The molecule has 1 atom stereocenters. The van der Waals surface area contributed by atoms with E-state index >= 15 is 0 Å². The first-order valence-corrected chi connectivity index (χ1v) is 9.50. The van der Waals surface area contributed by atoms with Crippen LogP contribution in [0, 0.1) is 0 Å². The van der Waals surface area contributed by atoms with Crippen LogP contribution in [0.4, 0.5) is 0 Å². The second-order valence-corrected chi connectivity index (χ2v) is 7.48. The molecule has 0 fully saturated rings. The van der Waals surface area contributed by atoms with Crippen molar-refractivity contribution in [2.45, 2.75) is 9.79 Å². The number of rotatable bonds is 5. The summed E-state index contributed by atoms with van der Waals surface area (Å²) in [4.78, 5) is 5.20. The molecule has 0 radical (unpaired) electrons. The van der Waals surface area contributed by atoms with Gasteiger partial charge >= 0.3 is 0 Å². The third kappa shape index (κ3) is 3.85. The van der Waals surface area contributed by atoms with Gasteiger partial charge < -0.3 is 9.47 Å². The molecule has 0 N–H and O–H groups in total. The van der Waals surface area contributed by atoms with Gasteiger partial charge in [0.05, 0.1) is 29.9 Å². The number of nitrogens with zero attached hydrogens (tertiary/aromatic N) is 1. The van der Waals surface area contributed by atoms with Crippen molar-refractivity contribution in [3.63, 3.8) is 0 Å². The molecule has 0 amide bonds. The van der Waals surface area contributed by atoms with Crippen molar-refractivity contribution in [3.8, 4) is 22.6 Å². The number of halogens is 2. The van der Waals surface area contributed by atoms with Crippen LogP contribution >= 0.6 is 23.2 Å². The van der Waals surface area contributed by atoms with Crippen LogP contribution in [0.1, 0.15) is 0 Å². The molecule has 0 bridgehead atoms. The minimum absolute atomic E-state index is 0.184. The smallest absolute Gasteiger partial charge is 0.139 e. The fraction of sp³-hybridized carbons (Fsp3) is 0.105. The highest BCUT2D eigenvalue weighted by Crippen LogP contribution is 2.36. The molecule has 134 valence electrons. The van der Waals surface area contributed by atoms with Gasteiger partial charge in [-0.3, -0.25) is 0 Å². The lowest BCUT2D eigenvalue weighted by molar-refractivity contribution is 0.414. The number of pyridine rings is 1. The van der Waals surface area contributed by atoms with Crippen molar-refractivity contribution in [2.75, 3.05) is 14.2 Å². The Morgan fingerprint density at radius 2 is 1.42 bits per heavy atom. The van der Waals surface area contributed by atoms with E-state index in [0.29, 0.717) is 26.9 Å². The predicted octanol–water partition coefficient (Wildman–Crippen LogP) is 5.24. The average molecular weight is 408 g/mol. The summed E-state index contributed by atoms with van der Waals surface area (Å²) in [5, 5.41) is 0.378. The van der Waals surface area contributed by atoms with E-state index in [1.54, 1.807) is 56.7 Å². The zero-order valence-corrected chi connectivity index (χ0v) is 16.4. The van der Waals surface area contributed by atoms with Gasteiger partial charge in [0.2, 0.25) is 0 Å². The molecule has 1 heterocycles. The molecule has 3 rings (SSSR count). The van der Waals surface area contributed by atoms with Crippen molar-refractivity contribution >= 4 is 34.0 Å². The molecular weight excluding hydrogens is 393 g/mol. The summed E-state index contributed by atoms with van der Waals surface area (Å²) in [6.45, 7) is 0. The summed E-state index contributed by atoms with van der Waals surface area (Å²) in [7, 11) is 1.68. The number of hydrogen-bond donors (Lipinski definition) is 0. The maximum Gasteiger partial charge on any atom is 0.139 e. The highest BCUT2D eigenvalue weighted by atomic mass is 35.5.